The van der Waals surface area contributed by atoms with Crippen LogP contribution in [0.5, 0.6) is 0 Å². The van der Waals surface area contributed by atoms with Crippen molar-refractivity contribution < 1.29 is 41.8 Å². The summed E-state index contributed by atoms with van der Waals surface area (Å²) in [5, 5.41) is 3.86. The zero-order valence-corrected chi connectivity index (χ0v) is 20.2. The van der Waals surface area contributed by atoms with Gasteiger partial charge in [-0.2, -0.15) is 0 Å². The van der Waals surface area contributed by atoms with Crippen molar-refractivity contribution in [3.8, 4) is 0 Å². The number of benzene rings is 1. The van der Waals surface area contributed by atoms with E-state index in [0.717, 1.165) is 6.92 Å². The van der Waals surface area contributed by atoms with Gasteiger partial charge in [-0.05, 0) is 37.8 Å². The van der Waals surface area contributed by atoms with E-state index in [9.17, 15) is 27.6 Å². The van der Waals surface area contributed by atoms with Crippen LogP contribution >= 0.6 is 0 Å². The molecule has 190 valence electrons. The summed E-state index contributed by atoms with van der Waals surface area (Å²) in [4.78, 5) is 47.8. The Balaban J connectivity index is 3.10. The standard InChI is InChI=1S/C19H29N5O9S/c1-6-31-16(26)20-15(21-17(27)33-19(3,4)5)34(29,30)24(22-13(2)25)23-18(28)32-12-14-10-8-7-9-11-14/h7-11,15H,6,12H2,1-5H3,(H,20,26)(H,21,27)(H,22,25)(H,23,28). The number of sulfonamides is 1. The van der Waals surface area contributed by atoms with E-state index < -0.39 is 45.3 Å². The zero-order valence-electron chi connectivity index (χ0n) is 19.4. The van der Waals surface area contributed by atoms with Crippen molar-refractivity contribution >= 4 is 34.2 Å². The molecule has 1 unspecified atom stereocenters. The maximum atomic E-state index is 13.1. The van der Waals surface area contributed by atoms with E-state index in [2.05, 4.69) is 4.74 Å². The molecule has 1 aromatic rings. The third-order valence-corrected chi connectivity index (χ3v) is 4.91. The molecule has 4 amide bonds. The molecule has 0 heterocycles. The molecule has 0 radical (unpaired) electrons. The molecule has 14 nitrogen and oxygen atoms in total. The number of carbonyl (C=O) groups excluding carboxylic acids is 4. The molecular weight excluding hydrogens is 474 g/mol. The highest BCUT2D eigenvalue weighted by Gasteiger charge is 2.38. The second kappa shape index (κ2) is 12.6. The lowest BCUT2D eigenvalue weighted by molar-refractivity contribution is -0.122. The molecule has 15 heteroatoms. The molecule has 0 saturated heterocycles. The SMILES string of the molecule is CCOC(=O)NC(NC(=O)OC(C)(C)C)S(=O)(=O)N(NC(C)=O)NC(=O)OCc1ccccc1. The van der Waals surface area contributed by atoms with Crippen molar-refractivity contribution in [1.82, 2.24) is 26.0 Å². The fourth-order valence-corrected chi connectivity index (χ4v) is 3.28. The molecule has 1 atom stereocenters. The van der Waals surface area contributed by atoms with Gasteiger partial charge in [-0.15, -0.1) is 0 Å². The number of hydrogen-bond acceptors (Lipinski definition) is 9. The number of amides is 4. The second-order valence-corrected chi connectivity index (χ2v) is 9.41. The molecule has 0 spiro atoms. The molecular formula is C19H29N5O9S. The molecule has 0 saturated carbocycles. The van der Waals surface area contributed by atoms with Gasteiger partial charge in [0.15, 0.2) is 0 Å². The zero-order chi connectivity index (χ0) is 25.9. The number of carbonyl (C=O) groups is 4. The second-order valence-electron chi connectivity index (χ2n) is 7.54. The summed E-state index contributed by atoms with van der Waals surface area (Å²) in [5.74, 6) is -0.904. The Labute approximate surface area is 197 Å². The number of alkyl carbamates (subject to hydrolysis) is 2. The lowest BCUT2D eigenvalue weighted by atomic mass is 10.2. The Kier molecular flexibility index (Phi) is 10.5. The van der Waals surface area contributed by atoms with Crippen LogP contribution < -0.4 is 21.5 Å². The van der Waals surface area contributed by atoms with Crippen LogP contribution in [0.4, 0.5) is 14.4 Å². The maximum Gasteiger partial charge on any atom is 0.424 e. The molecule has 0 aromatic heterocycles. The normalized spacial score (nSPS) is 12.2. The Hall–Kier alpha value is -3.59. The van der Waals surface area contributed by atoms with Crippen molar-refractivity contribution in [1.29, 1.82) is 0 Å². The average molecular weight is 504 g/mol. The first-order chi connectivity index (χ1) is 15.7. The fraction of sp³-hybridized carbons (Fsp3) is 0.474. The van der Waals surface area contributed by atoms with Gasteiger partial charge >= 0.3 is 18.3 Å². The third kappa shape index (κ3) is 10.4. The van der Waals surface area contributed by atoms with E-state index in [-0.39, 0.29) is 17.7 Å². The van der Waals surface area contributed by atoms with Crippen molar-refractivity contribution in [2.24, 2.45) is 0 Å². The summed E-state index contributed by atoms with van der Waals surface area (Å²) in [6.07, 6.45) is -3.68. The Morgan fingerprint density at radius 2 is 1.53 bits per heavy atom. The predicted octanol–water partition coefficient (Wildman–Crippen LogP) is 1.07. The van der Waals surface area contributed by atoms with Crippen LogP contribution in [0.25, 0.3) is 0 Å². The quantitative estimate of drug-likeness (QED) is 0.218. The number of nitrogens with one attached hydrogen (secondary N) is 4. The maximum absolute atomic E-state index is 13.1. The molecule has 0 aliphatic heterocycles. The number of hydrazine groups is 2. The highest BCUT2D eigenvalue weighted by Crippen LogP contribution is 2.09. The minimum atomic E-state index is -4.93. The van der Waals surface area contributed by atoms with Crippen molar-refractivity contribution in [3.05, 3.63) is 35.9 Å². The van der Waals surface area contributed by atoms with Gasteiger partial charge < -0.3 is 14.2 Å². The van der Waals surface area contributed by atoms with E-state index in [0.29, 0.717) is 5.56 Å². The molecule has 4 N–H and O–H groups in total. The van der Waals surface area contributed by atoms with Crippen LogP contribution in [0, 0.1) is 0 Å². The van der Waals surface area contributed by atoms with E-state index in [1.807, 2.05) is 21.5 Å². The van der Waals surface area contributed by atoms with Crippen molar-refractivity contribution in [2.45, 2.75) is 52.3 Å². The minimum absolute atomic E-state index is 0.00305. The number of nitrogens with zero attached hydrogens (tertiary/aromatic N) is 1. The highest BCUT2D eigenvalue weighted by atomic mass is 32.2. The van der Waals surface area contributed by atoms with Gasteiger partial charge in [-0.1, -0.05) is 30.3 Å². The monoisotopic (exact) mass is 503 g/mol. The molecule has 0 bridgehead atoms. The smallest absolute Gasteiger partial charge is 0.424 e. The lowest BCUT2D eigenvalue weighted by Gasteiger charge is -2.28. The van der Waals surface area contributed by atoms with Gasteiger partial charge in [0.1, 0.15) is 12.2 Å². The first kappa shape index (κ1) is 28.4. The molecule has 0 fully saturated rings. The van der Waals surface area contributed by atoms with Crippen LogP contribution in [-0.4, -0.2) is 54.8 Å². The van der Waals surface area contributed by atoms with Gasteiger partial charge in [0, 0.05) is 6.92 Å². The van der Waals surface area contributed by atoms with Crippen LogP contribution in [0.3, 0.4) is 0 Å². The number of ether oxygens (including phenoxy) is 3. The third-order valence-electron chi connectivity index (χ3n) is 3.39. The van der Waals surface area contributed by atoms with Crippen LogP contribution in [-0.2, 0) is 35.6 Å². The van der Waals surface area contributed by atoms with Gasteiger partial charge in [-0.25, -0.2) is 28.2 Å². The lowest BCUT2D eigenvalue weighted by Crippen LogP contribution is -2.64. The molecule has 0 aliphatic rings. The van der Waals surface area contributed by atoms with E-state index in [4.69, 9.17) is 9.47 Å². The summed E-state index contributed by atoms with van der Waals surface area (Å²) in [6, 6.07) is 8.50. The molecule has 34 heavy (non-hydrogen) atoms. The topological polar surface area (TPSA) is 181 Å². The average Bonchev–Trinajstić information content (AvgIpc) is 2.70. The van der Waals surface area contributed by atoms with Gasteiger partial charge in [0.05, 0.1) is 6.61 Å². The molecule has 0 aliphatic carbocycles. The summed E-state index contributed by atoms with van der Waals surface area (Å²) in [6.45, 7) is 6.72. The molecule has 1 aromatic carbocycles. The highest BCUT2D eigenvalue weighted by molar-refractivity contribution is 7.89. The predicted molar refractivity (Wildman–Crippen MR) is 118 cm³/mol. The fourth-order valence-electron chi connectivity index (χ4n) is 2.12. The first-order valence-electron chi connectivity index (χ1n) is 9.96. The van der Waals surface area contributed by atoms with Gasteiger partial charge in [0.2, 0.25) is 11.4 Å². The van der Waals surface area contributed by atoms with E-state index >= 15 is 0 Å². The Bertz CT molecular complexity index is 964. The van der Waals surface area contributed by atoms with Gasteiger partial charge in [-0.3, -0.25) is 20.9 Å². The van der Waals surface area contributed by atoms with Crippen molar-refractivity contribution in [3.63, 3.8) is 0 Å². The number of hydrogen-bond donors (Lipinski definition) is 4. The van der Waals surface area contributed by atoms with Crippen LogP contribution in [0.1, 0.15) is 40.2 Å². The number of rotatable bonds is 9. The summed E-state index contributed by atoms with van der Waals surface area (Å²) in [7, 11) is -4.93. The summed E-state index contributed by atoms with van der Waals surface area (Å²) in [5.41, 5.74) is 1.09. The van der Waals surface area contributed by atoms with Crippen LogP contribution in [0.2, 0.25) is 0 Å². The first-order valence-corrected chi connectivity index (χ1v) is 11.5. The minimum Gasteiger partial charge on any atom is -0.450 e. The van der Waals surface area contributed by atoms with E-state index in [1.54, 1.807) is 30.3 Å². The largest absolute Gasteiger partial charge is 0.450 e. The Morgan fingerprint density at radius 3 is 2.06 bits per heavy atom. The van der Waals surface area contributed by atoms with E-state index in [1.165, 1.54) is 27.7 Å². The Morgan fingerprint density at radius 1 is 0.941 bits per heavy atom. The van der Waals surface area contributed by atoms with Crippen molar-refractivity contribution in [2.75, 3.05) is 6.61 Å². The summed E-state index contributed by atoms with van der Waals surface area (Å²) < 4.78 is 40.8. The van der Waals surface area contributed by atoms with Gasteiger partial charge in [0.25, 0.3) is 10.0 Å². The van der Waals surface area contributed by atoms with Crippen LogP contribution in [0.15, 0.2) is 30.3 Å². The molecule has 1 rings (SSSR count). The summed E-state index contributed by atoms with van der Waals surface area (Å²) >= 11 is 0.